The van der Waals surface area contributed by atoms with Crippen molar-refractivity contribution in [3.8, 4) is 11.4 Å². The standard InChI is InChI=1S/C17H20N4O3/c1-2-24-17(22)14-11-19-15(12-4-3-5-13(18)10-12)20-16(14)21-6-8-23-9-7-21/h3-5,10-11H,2,6-9,18H2,1H3. The Morgan fingerprint density at radius 2 is 2.17 bits per heavy atom. The van der Waals surface area contributed by atoms with Gasteiger partial charge in [0.05, 0.1) is 19.8 Å². The predicted octanol–water partition coefficient (Wildman–Crippen LogP) is 1.74. The molecule has 3 rings (SSSR count). The van der Waals surface area contributed by atoms with Gasteiger partial charge in [-0.1, -0.05) is 12.1 Å². The first-order chi connectivity index (χ1) is 11.7. The number of ether oxygens (including phenoxy) is 2. The van der Waals surface area contributed by atoms with Crippen LogP contribution >= 0.6 is 0 Å². The average Bonchev–Trinajstić information content (AvgIpc) is 2.62. The van der Waals surface area contributed by atoms with Gasteiger partial charge in [0.15, 0.2) is 5.82 Å². The molecule has 0 bridgehead atoms. The third-order valence-electron chi connectivity index (χ3n) is 3.72. The second kappa shape index (κ2) is 7.27. The highest BCUT2D eigenvalue weighted by atomic mass is 16.5. The minimum Gasteiger partial charge on any atom is -0.462 e. The molecule has 2 aromatic rings. The summed E-state index contributed by atoms with van der Waals surface area (Å²) in [5.74, 6) is 0.680. The van der Waals surface area contributed by atoms with Crippen LogP contribution in [0.4, 0.5) is 11.5 Å². The molecule has 0 saturated carbocycles. The van der Waals surface area contributed by atoms with E-state index in [9.17, 15) is 4.79 Å². The molecule has 1 aliphatic heterocycles. The Morgan fingerprint density at radius 3 is 2.88 bits per heavy atom. The highest BCUT2D eigenvalue weighted by molar-refractivity contribution is 5.94. The SMILES string of the molecule is CCOC(=O)c1cnc(-c2cccc(N)c2)nc1N1CCOCC1. The van der Waals surface area contributed by atoms with Crippen molar-refractivity contribution in [3.63, 3.8) is 0 Å². The van der Waals surface area contributed by atoms with Crippen LogP contribution in [0.3, 0.4) is 0 Å². The Kier molecular flexibility index (Phi) is 4.90. The first-order valence-electron chi connectivity index (χ1n) is 7.92. The summed E-state index contributed by atoms with van der Waals surface area (Å²) in [7, 11) is 0. The zero-order valence-corrected chi connectivity index (χ0v) is 13.6. The van der Waals surface area contributed by atoms with Crippen molar-refractivity contribution in [3.05, 3.63) is 36.0 Å². The average molecular weight is 328 g/mol. The van der Waals surface area contributed by atoms with Gasteiger partial charge in [-0.3, -0.25) is 0 Å². The van der Waals surface area contributed by atoms with E-state index in [4.69, 9.17) is 15.2 Å². The number of benzene rings is 1. The normalized spacial score (nSPS) is 14.5. The summed E-state index contributed by atoms with van der Waals surface area (Å²) in [6.07, 6.45) is 1.52. The second-order valence-corrected chi connectivity index (χ2v) is 5.38. The lowest BCUT2D eigenvalue weighted by Crippen LogP contribution is -2.38. The summed E-state index contributed by atoms with van der Waals surface area (Å²) in [5, 5.41) is 0. The van der Waals surface area contributed by atoms with Crippen LogP contribution in [-0.2, 0) is 9.47 Å². The quantitative estimate of drug-likeness (QED) is 0.675. The lowest BCUT2D eigenvalue weighted by molar-refractivity contribution is 0.0525. The van der Waals surface area contributed by atoms with Gasteiger partial charge < -0.3 is 20.1 Å². The van der Waals surface area contributed by atoms with E-state index in [1.165, 1.54) is 6.20 Å². The van der Waals surface area contributed by atoms with Crippen LogP contribution in [-0.4, -0.2) is 48.8 Å². The summed E-state index contributed by atoms with van der Waals surface area (Å²) in [5.41, 5.74) is 7.65. The number of morpholine rings is 1. The van der Waals surface area contributed by atoms with Gasteiger partial charge in [0, 0.05) is 30.5 Å². The van der Waals surface area contributed by atoms with E-state index in [0.717, 1.165) is 5.56 Å². The van der Waals surface area contributed by atoms with Gasteiger partial charge in [-0.2, -0.15) is 0 Å². The van der Waals surface area contributed by atoms with Gasteiger partial charge >= 0.3 is 5.97 Å². The minimum absolute atomic E-state index is 0.304. The summed E-state index contributed by atoms with van der Waals surface area (Å²) >= 11 is 0. The van der Waals surface area contributed by atoms with Gasteiger partial charge in [-0.25, -0.2) is 14.8 Å². The molecule has 0 unspecified atom stereocenters. The van der Waals surface area contributed by atoms with Gasteiger partial charge in [-0.05, 0) is 19.1 Å². The van der Waals surface area contributed by atoms with Crippen LogP contribution in [0.5, 0.6) is 0 Å². The number of hydrogen-bond donors (Lipinski definition) is 1. The Bertz CT molecular complexity index is 730. The molecule has 2 N–H and O–H groups in total. The number of nitrogens with two attached hydrogens (primary N) is 1. The Labute approximate surface area is 140 Å². The molecule has 0 radical (unpaired) electrons. The number of aromatic nitrogens is 2. The third-order valence-corrected chi connectivity index (χ3v) is 3.72. The second-order valence-electron chi connectivity index (χ2n) is 5.38. The molecule has 1 aromatic carbocycles. The smallest absolute Gasteiger partial charge is 0.343 e. The maximum atomic E-state index is 12.2. The van der Waals surface area contributed by atoms with Crippen molar-refractivity contribution < 1.29 is 14.3 Å². The fraction of sp³-hybridized carbons (Fsp3) is 0.353. The van der Waals surface area contributed by atoms with Gasteiger partial charge in [0.2, 0.25) is 0 Å². The summed E-state index contributed by atoms with van der Waals surface area (Å²) < 4.78 is 10.5. The van der Waals surface area contributed by atoms with E-state index in [-0.39, 0.29) is 0 Å². The first-order valence-corrected chi connectivity index (χ1v) is 7.92. The molecular formula is C17H20N4O3. The van der Waals surface area contributed by atoms with Crippen molar-refractivity contribution in [2.75, 3.05) is 43.5 Å². The van der Waals surface area contributed by atoms with Crippen LogP contribution in [0.25, 0.3) is 11.4 Å². The van der Waals surface area contributed by atoms with Crippen molar-refractivity contribution in [2.24, 2.45) is 0 Å². The summed E-state index contributed by atoms with van der Waals surface area (Å²) in [4.78, 5) is 23.2. The van der Waals surface area contributed by atoms with Gasteiger partial charge in [0.1, 0.15) is 11.4 Å². The van der Waals surface area contributed by atoms with Crippen LogP contribution in [0.2, 0.25) is 0 Å². The Balaban J connectivity index is 2.02. The van der Waals surface area contributed by atoms with Crippen LogP contribution in [0.1, 0.15) is 17.3 Å². The number of carbonyl (C=O) groups is 1. The highest BCUT2D eigenvalue weighted by Gasteiger charge is 2.23. The number of hydrogen-bond acceptors (Lipinski definition) is 7. The molecule has 0 spiro atoms. The molecule has 0 aliphatic carbocycles. The Morgan fingerprint density at radius 1 is 1.38 bits per heavy atom. The topological polar surface area (TPSA) is 90.6 Å². The lowest BCUT2D eigenvalue weighted by atomic mass is 10.2. The first kappa shape index (κ1) is 16.2. The molecule has 7 nitrogen and oxygen atoms in total. The molecule has 24 heavy (non-hydrogen) atoms. The van der Waals surface area contributed by atoms with E-state index >= 15 is 0 Å². The predicted molar refractivity (Wildman–Crippen MR) is 90.9 cm³/mol. The minimum atomic E-state index is -0.418. The summed E-state index contributed by atoms with van der Waals surface area (Å²) in [6, 6.07) is 7.35. The fourth-order valence-electron chi connectivity index (χ4n) is 2.56. The Hall–Kier alpha value is -2.67. The van der Waals surface area contributed by atoms with Crippen LogP contribution in [0.15, 0.2) is 30.5 Å². The van der Waals surface area contributed by atoms with E-state index < -0.39 is 5.97 Å². The zero-order valence-electron chi connectivity index (χ0n) is 13.6. The maximum Gasteiger partial charge on any atom is 0.343 e. The number of anilines is 2. The van der Waals surface area contributed by atoms with E-state index in [2.05, 4.69) is 9.97 Å². The van der Waals surface area contributed by atoms with E-state index in [0.29, 0.717) is 55.8 Å². The third kappa shape index (κ3) is 3.46. The molecule has 126 valence electrons. The molecule has 2 heterocycles. The molecule has 1 saturated heterocycles. The van der Waals surface area contributed by atoms with Crippen molar-refractivity contribution in [2.45, 2.75) is 6.92 Å². The van der Waals surface area contributed by atoms with Crippen LogP contribution in [0, 0.1) is 0 Å². The monoisotopic (exact) mass is 328 g/mol. The van der Waals surface area contributed by atoms with Crippen molar-refractivity contribution in [1.29, 1.82) is 0 Å². The fourth-order valence-corrected chi connectivity index (χ4v) is 2.56. The largest absolute Gasteiger partial charge is 0.462 e. The molecular weight excluding hydrogens is 308 g/mol. The molecule has 1 aliphatic rings. The number of esters is 1. The van der Waals surface area contributed by atoms with Crippen LogP contribution < -0.4 is 10.6 Å². The van der Waals surface area contributed by atoms with Crippen molar-refractivity contribution >= 4 is 17.5 Å². The van der Waals surface area contributed by atoms with E-state index in [1.807, 2.05) is 23.1 Å². The number of rotatable bonds is 4. The number of carbonyl (C=O) groups excluding carboxylic acids is 1. The summed E-state index contributed by atoms with van der Waals surface area (Å²) in [6.45, 7) is 4.60. The number of nitrogen functional groups attached to an aromatic ring is 1. The molecule has 1 aromatic heterocycles. The number of nitrogens with zero attached hydrogens (tertiary/aromatic N) is 3. The molecule has 7 heteroatoms. The highest BCUT2D eigenvalue weighted by Crippen LogP contribution is 2.24. The van der Waals surface area contributed by atoms with E-state index in [1.54, 1.807) is 13.0 Å². The van der Waals surface area contributed by atoms with Gasteiger partial charge in [0.25, 0.3) is 0 Å². The molecule has 0 amide bonds. The molecule has 0 atom stereocenters. The lowest BCUT2D eigenvalue weighted by Gasteiger charge is -2.29. The molecule has 1 fully saturated rings. The van der Waals surface area contributed by atoms with Gasteiger partial charge in [-0.15, -0.1) is 0 Å². The maximum absolute atomic E-state index is 12.2. The zero-order chi connectivity index (χ0) is 16.9. The van der Waals surface area contributed by atoms with Crippen molar-refractivity contribution in [1.82, 2.24) is 9.97 Å².